The normalized spacial score (nSPS) is 10.1. The van der Waals surface area contributed by atoms with E-state index in [0.717, 1.165) is 6.07 Å². The Labute approximate surface area is 104 Å². The Kier molecular flexibility index (Phi) is 5.22. The molecule has 1 aromatic rings. The van der Waals surface area contributed by atoms with Crippen LogP contribution in [-0.4, -0.2) is 57.7 Å². The smallest absolute Gasteiger partial charge is 0.322 e. The lowest BCUT2D eigenvalue weighted by Gasteiger charge is -2.21. The van der Waals surface area contributed by atoms with E-state index in [-0.39, 0.29) is 43.5 Å². The minimum atomic E-state index is -0.539. The van der Waals surface area contributed by atoms with Crippen LogP contribution in [0.15, 0.2) is 18.2 Å². The molecule has 18 heavy (non-hydrogen) atoms. The number of nitrogens with one attached hydrogen (secondary N) is 1. The van der Waals surface area contributed by atoms with Crippen LogP contribution in [-0.2, 0) is 0 Å². The fraction of sp³-hybridized carbons (Fsp3) is 0.364. The van der Waals surface area contributed by atoms with E-state index in [1.807, 2.05) is 0 Å². The Morgan fingerprint density at radius 2 is 1.56 bits per heavy atom. The molecule has 0 aromatic heterocycles. The molecule has 0 bridgehead atoms. The van der Waals surface area contributed by atoms with Crippen LogP contribution in [0.5, 0.6) is 11.5 Å². The first-order valence-corrected chi connectivity index (χ1v) is 5.37. The van der Waals surface area contributed by atoms with Crippen molar-refractivity contribution in [1.29, 1.82) is 0 Å². The van der Waals surface area contributed by atoms with Gasteiger partial charge in [0.2, 0.25) is 0 Å². The van der Waals surface area contributed by atoms with Gasteiger partial charge in [0.1, 0.15) is 11.5 Å². The maximum absolute atomic E-state index is 11.7. The number of benzene rings is 1. The molecule has 0 aliphatic heterocycles. The molecule has 1 rings (SSSR count). The summed E-state index contributed by atoms with van der Waals surface area (Å²) in [6, 6.07) is 3.14. The van der Waals surface area contributed by atoms with Gasteiger partial charge in [-0.25, -0.2) is 4.79 Å². The molecule has 0 heterocycles. The summed E-state index contributed by atoms with van der Waals surface area (Å²) < 4.78 is 0. The van der Waals surface area contributed by atoms with Gasteiger partial charge in [-0.2, -0.15) is 0 Å². The van der Waals surface area contributed by atoms with Crippen LogP contribution < -0.4 is 5.32 Å². The molecule has 100 valence electrons. The molecule has 7 heteroatoms. The number of rotatable bonds is 5. The van der Waals surface area contributed by atoms with E-state index >= 15 is 0 Å². The SMILES string of the molecule is O=C(Nc1cc(O)cc(O)c1)N(CCO)CCO. The third kappa shape index (κ3) is 4.11. The van der Waals surface area contributed by atoms with Gasteiger partial charge in [0.15, 0.2) is 0 Å². The van der Waals surface area contributed by atoms with E-state index in [9.17, 15) is 15.0 Å². The number of hydrogen-bond acceptors (Lipinski definition) is 5. The number of aliphatic hydroxyl groups is 2. The number of anilines is 1. The molecule has 2 amide bonds. The van der Waals surface area contributed by atoms with Gasteiger partial charge in [0.05, 0.1) is 13.2 Å². The third-order valence-electron chi connectivity index (χ3n) is 2.18. The first-order chi connectivity index (χ1) is 8.56. The zero-order valence-corrected chi connectivity index (χ0v) is 9.70. The molecule has 1 aromatic carbocycles. The quantitative estimate of drug-likeness (QED) is 0.505. The van der Waals surface area contributed by atoms with Crippen molar-refractivity contribution in [2.45, 2.75) is 0 Å². The van der Waals surface area contributed by atoms with E-state index in [0.29, 0.717) is 0 Å². The van der Waals surface area contributed by atoms with Crippen molar-refractivity contribution in [1.82, 2.24) is 4.90 Å². The van der Waals surface area contributed by atoms with Crippen LogP contribution >= 0.6 is 0 Å². The minimum Gasteiger partial charge on any atom is -0.508 e. The number of aromatic hydroxyl groups is 2. The summed E-state index contributed by atoms with van der Waals surface area (Å²) in [5, 5.41) is 38.5. The second-order valence-electron chi connectivity index (χ2n) is 3.60. The lowest BCUT2D eigenvalue weighted by atomic mass is 10.3. The van der Waals surface area contributed by atoms with Crippen LogP contribution in [0.1, 0.15) is 0 Å². The topological polar surface area (TPSA) is 113 Å². The molecule has 0 aliphatic rings. The van der Waals surface area contributed by atoms with Gasteiger partial charge in [0, 0.05) is 37.0 Å². The molecule has 0 atom stereocenters. The molecule has 7 nitrogen and oxygen atoms in total. The number of urea groups is 1. The Morgan fingerprint density at radius 1 is 1.06 bits per heavy atom. The summed E-state index contributed by atoms with van der Waals surface area (Å²) in [4.78, 5) is 13.0. The van der Waals surface area contributed by atoms with Gasteiger partial charge < -0.3 is 30.6 Å². The third-order valence-corrected chi connectivity index (χ3v) is 2.18. The summed E-state index contributed by atoms with van der Waals surface area (Å²) in [5.74, 6) is -0.359. The van der Waals surface area contributed by atoms with Crippen molar-refractivity contribution < 1.29 is 25.2 Å². The maximum atomic E-state index is 11.7. The fourth-order valence-electron chi connectivity index (χ4n) is 1.43. The van der Waals surface area contributed by atoms with E-state index in [4.69, 9.17) is 10.2 Å². The summed E-state index contributed by atoms with van der Waals surface area (Å²) in [7, 11) is 0. The lowest BCUT2D eigenvalue weighted by molar-refractivity contribution is 0.167. The molecule has 0 spiro atoms. The predicted octanol–water partition coefficient (Wildman–Crippen LogP) is -0.0837. The van der Waals surface area contributed by atoms with Crippen molar-refractivity contribution in [3.8, 4) is 11.5 Å². The average Bonchev–Trinajstić information content (AvgIpc) is 2.27. The highest BCUT2D eigenvalue weighted by atomic mass is 16.3. The maximum Gasteiger partial charge on any atom is 0.322 e. The van der Waals surface area contributed by atoms with E-state index in [1.165, 1.54) is 17.0 Å². The van der Waals surface area contributed by atoms with Crippen LogP contribution in [0.2, 0.25) is 0 Å². The van der Waals surface area contributed by atoms with E-state index in [2.05, 4.69) is 5.32 Å². The molecular formula is C11H16N2O5. The molecule has 0 radical (unpaired) electrons. The number of phenols is 2. The number of phenolic OH excluding ortho intramolecular Hbond substituents is 2. The Morgan fingerprint density at radius 3 is 2.00 bits per heavy atom. The summed E-state index contributed by atoms with van der Waals surface area (Å²) in [6.07, 6.45) is 0. The molecule has 5 N–H and O–H groups in total. The number of carbonyl (C=O) groups excluding carboxylic acids is 1. The van der Waals surface area contributed by atoms with Crippen LogP contribution in [0, 0.1) is 0 Å². The lowest BCUT2D eigenvalue weighted by Crippen LogP contribution is -2.38. The number of nitrogens with zero attached hydrogens (tertiary/aromatic N) is 1. The second-order valence-corrected chi connectivity index (χ2v) is 3.60. The average molecular weight is 256 g/mol. The van der Waals surface area contributed by atoms with Crippen molar-refractivity contribution in [2.24, 2.45) is 0 Å². The molecule has 0 unspecified atom stereocenters. The largest absolute Gasteiger partial charge is 0.508 e. The molecule has 0 fully saturated rings. The monoisotopic (exact) mass is 256 g/mol. The van der Waals surface area contributed by atoms with Crippen molar-refractivity contribution in [2.75, 3.05) is 31.6 Å². The first kappa shape index (κ1) is 14.1. The zero-order valence-electron chi connectivity index (χ0n) is 9.70. The standard InChI is InChI=1S/C11H16N2O5/c14-3-1-13(2-4-15)11(18)12-8-5-9(16)7-10(17)6-8/h5-7,14-17H,1-4H2,(H,12,18). The van der Waals surface area contributed by atoms with Crippen LogP contribution in [0.3, 0.4) is 0 Å². The summed E-state index contributed by atoms with van der Waals surface area (Å²) in [5.41, 5.74) is 0.221. The number of amides is 2. The predicted molar refractivity (Wildman–Crippen MR) is 64.5 cm³/mol. The van der Waals surface area contributed by atoms with Crippen LogP contribution in [0.4, 0.5) is 10.5 Å². The Hall–Kier alpha value is -1.99. The Bertz CT molecular complexity index is 384. The highest BCUT2D eigenvalue weighted by Crippen LogP contribution is 2.24. The first-order valence-electron chi connectivity index (χ1n) is 5.37. The summed E-state index contributed by atoms with van der Waals surface area (Å²) >= 11 is 0. The fourth-order valence-corrected chi connectivity index (χ4v) is 1.43. The molecule has 0 aliphatic carbocycles. The number of hydrogen-bond donors (Lipinski definition) is 5. The minimum absolute atomic E-state index is 0.0805. The number of aliphatic hydroxyl groups excluding tert-OH is 2. The van der Waals surface area contributed by atoms with Gasteiger partial charge in [-0.3, -0.25) is 0 Å². The van der Waals surface area contributed by atoms with Crippen molar-refractivity contribution in [3.63, 3.8) is 0 Å². The van der Waals surface area contributed by atoms with Crippen molar-refractivity contribution >= 4 is 11.7 Å². The molecule has 0 saturated heterocycles. The van der Waals surface area contributed by atoms with Gasteiger partial charge in [-0.1, -0.05) is 0 Å². The van der Waals surface area contributed by atoms with Gasteiger partial charge >= 0.3 is 6.03 Å². The zero-order chi connectivity index (χ0) is 13.5. The van der Waals surface area contributed by atoms with Crippen LogP contribution in [0.25, 0.3) is 0 Å². The number of carbonyl (C=O) groups is 1. The van der Waals surface area contributed by atoms with E-state index in [1.54, 1.807) is 0 Å². The summed E-state index contributed by atoms with van der Waals surface area (Å²) in [6.45, 7) is -0.286. The van der Waals surface area contributed by atoms with E-state index < -0.39 is 6.03 Å². The van der Waals surface area contributed by atoms with Crippen molar-refractivity contribution in [3.05, 3.63) is 18.2 Å². The highest BCUT2D eigenvalue weighted by Gasteiger charge is 2.13. The molecule has 0 saturated carbocycles. The molecular weight excluding hydrogens is 240 g/mol. The Balaban J connectivity index is 2.72. The second kappa shape index (κ2) is 6.67. The highest BCUT2D eigenvalue weighted by molar-refractivity contribution is 5.89. The van der Waals surface area contributed by atoms with Gasteiger partial charge in [0.25, 0.3) is 0 Å². The van der Waals surface area contributed by atoms with Gasteiger partial charge in [-0.15, -0.1) is 0 Å². The van der Waals surface area contributed by atoms with Gasteiger partial charge in [-0.05, 0) is 0 Å².